The van der Waals surface area contributed by atoms with Gasteiger partial charge < -0.3 is 0 Å². The SMILES string of the molecule is CC(C)c1nnc(Cl)n1-c1cc(Br)ccc1F. The van der Waals surface area contributed by atoms with E-state index in [1.165, 1.54) is 10.6 Å². The molecular formula is C11H10BrClFN3. The van der Waals surface area contributed by atoms with Crippen LogP contribution >= 0.6 is 27.5 Å². The van der Waals surface area contributed by atoms with Crippen LogP contribution in [-0.4, -0.2) is 14.8 Å². The lowest BCUT2D eigenvalue weighted by molar-refractivity contribution is 0.611. The van der Waals surface area contributed by atoms with Crippen molar-refractivity contribution in [2.75, 3.05) is 0 Å². The van der Waals surface area contributed by atoms with Gasteiger partial charge >= 0.3 is 0 Å². The van der Waals surface area contributed by atoms with Crippen molar-refractivity contribution in [1.29, 1.82) is 0 Å². The third-order valence-electron chi connectivity index (χ3n) is 2.31. The van der Waals surface area contributed by atoms with E-state index in [9.17, 15) is 4.39 Å². The van der Waals surface area contributed by atoms with Crippen LogP contribution in [0.15, 0.2) is 22.7 Å². The zero-order valence-electron chi connectivity index (χ0n) is 9.28. The summed E-state index contributed by atoms with van der Waals surface area (Å²) in [6.45, 7) is 3.90. The third kappa shape index (κ3) is 2.35. The summed E-state index contributed by atoms with van der Waals surface area (Å²) in [5, 5.41) is 7.90. The van der Waals surface area contributed by atoms with E-state index in [1.54, 1.807) is 12.1 Å². The standard InChI is InChI=1S/C11H10BrClFN3/c1-6(2)10-15-16-11(13)17(10)9-5-7(12)3-4-8(9)14/h3-6H,1-2H3. The normalized spacial score (nSPS) is 11.2. The predicted molar refractivity (Wildman–Crippen MR) is 68.1 cm³/mol. The van der Waals surface area contributed by atoms with Crippen LogP contribution in [0.1, 0.15) is 25.6 Å². The molecule has 0 aliphatic carbocycles. The summed E-state index contributed by atoms with van der Waals surface area (Å²) in [5.41, 5.74) is 0.345. The lowest BCUT2D eigenvalue weighted by Crippen LogP contribution is -2.05. The molecule has 0 aliphatic heterocycles. The predicted octanol–water partition coefficient (Wildman–Crippen LogP) is 3.95. The number of rotatable bonds is 2. The van der Waals surface area contributed by atoms with Gasteiger partial charge in [-0.05, 0) is 29.8 Å². The topological polar surface area (TPSA) is 30.7 Å². The average Bonchev–Trinajstić information content (AvgIpc) is 2.64. The highest BCUT2D eigenvalue weighted by Gasteiger charge is 2.17. The van der Waals surface area contributed by atoms with Gasteiger partial charge in [-0.2, -0.15) is 0 Å². The molecule has 0 radical (unpaired) electrons. The Bertz CT molecular complexity index is 554. The van der Waals surface area contributed by atoms with Crippen LogP contribution < -0.4 is 0 Å². The Morgan fingerprint density at radius 2 is 2.06 bits per heavy atom. The number of aromatic nitrogens is 3. The molecule has 1 heterocycles. The summed E-state index contributed by atoms with van der Waals surface area (Å²) < 4.78 is 16.1. The molecule has 1 aromatic heterocycles. The highest BCUT2D eigenvalue weighted by Crippen LogP contribution is 2.26. The number of nitrogens with zero attached hydrogens (tertiary/aromatic N) is 3. The van der Waals surface area contributed by atoms with Gasteiger partial charge in [0.2, 0.25) is 5.28 Å². The van der Waals surface area contributed by atoms with E-state index in [0.29, 0.717) is 11.5 Å². The molecule has 0 aliphatic rings. The van der Waals surface area contributed by atoms with Gasteiger partial charge in [-0.1, -0.05) is 29.8 Å². The third-order valence-corrected chi connectivity index (χ3v) is 3.05. The molecule has 0 saturated carbocycles. The van der Waals surface area contributed by atoms with Gasteiger partial charge in [0.1, 0.15) is 11.6 Å². The minimum absolute atomic E-state index is 0.105. The maximum atomic E-state index is 13.8. The van der Waals surface area contributed by atoms with Crippen molar-refractivity contribution >= 4 is 27.5 Å². The summed E-state index contributed by atoms with van der Waals surface area (Å²) in [5.74, 6) is 0.372. The fourth-order valence-corrected chi connectivity index (χ4v) is 2.09. The van der Waals surface area contributed by atoms with Crippen molar-refractivity contribution in [3.8, 4) is 5.69 Å². The molecule has 0 saturated heterocycles. The quantitative estimate of drug-likeness (QED) is 0.839. The first-order chi connectivity index (χ1) is 8.00. The van der Waals surface area contributed by atoms with Gasteiger partial charge in [0, 0.05) is 10.4 Å². The number of halogens is 3. The Kier molecular flexibility index (Phi) is 3.49. The molecule has 3 nitrogen and oxygen atoms in total. The van der Waals surface area contributed by atoms with E-state index < -0.39 is 0 Å². The number of hydrogen-bond acceptors (Lipinski definition) is 2. The molecule has 1 aromatic carbocycles. The first-order valence-electron chi connectivity index (χ1n) is 5.07. The van der Waals surface area contributed by atoms with Crippen molar-refractivity contribution < 1.29 is 4.39 Å². The van der Waals surface area contributed by atoms with E-state index in [0.717, 1.165) is 4.47 Å². The summed E-state index contributed by atoms with van der Waals surface area (Å²) in [7, 11) is 0. The highest BCUT2D eigenvalue weighted by molar-refractivity contribution is 9.10. The molecular weight excluding hydrogens is 308 g/mol. The van der Waals surface area contributed by atoms with Crippen molar-refractivity contribution in [1.82, 2.24) is 14.8 Å². The first kappa shape index (κ1) is 12.5. The van der Waals surface area contributed by atoms with E-state index >= 15 is 0 Å². The van der Waals surface area contributed by atoms with Crippen LogP contribution in [0.5, 0.6) is 0 Å². The summed E-state index contributed by atoms with van der Waals surface area (Å²) in [6.07, 6.45) is 0. The summed E-state index contributed by atoms with van der Waals surface area (Å²) >= 11 is 9.26. The Morgan fingerprint density at radius 3 is 2.71 bits per heavy atom. The molecule has 0 fully saturated rings. The molecule has 90 valence electrons. The Labute approximate surface area is 112 Å². The zero-order valence-corrected chi connectivity index (χ0v) is 11.6. The molecule has 0 spiro atoms. The Hall–Kier alpha value is -0.940. The fourth-order valence-electron chi connectivity index (χ4n) is 1.53. The maximum Gasteiger partial charge on any atom is 0.229 e. The average molecular weight is 319 g/mol. The van der Waals surface area contributed by atoms with Gasteiger partial charge in [0.05, 0.1) is 5.69 Å². The molecule has 0 atom stereocenters. The van der Waals surface area contributed by atoms with Crippen molar-refractivity contribution in [2.45, 2.75) is 19.8 Å². The lowest BCUT2D eigenvalue weighted by Gasteiger charge is -2.11. The first-order valence-corrected chi connectivity index (χ1v) is 6.24. The highest BCUT2D eigenvalue weighted by atomic mass is 79.9. The fraction of sp³-hybridized carbons (Fsp3) is 0.273. The molecule has 2 aromatic rings. The van der Waals surface area contributed by atoms with Crippen molar-refractivity contribution in [2.24, 2.45) is 0 Å². The van der Waals surface area contributed by atoms with E-state index in [4.69, 9.17) is 11.6 Å². The largest absolute Gasteiger partial charge is 0.266 e. The lowest BCUT2D eigenvalue weighted by atomic mass is 10.2. The summed E-state index contributed by atoms with van der Waals surface area (Å²) in [6, 6.07) is 4.66. The zero-order chi connectivity index (χ0) is 12.6. The van der Waals surface area contributed by atoms with Crippen LogP contribution in [0, 0.1) is 5.82 Å². The molecule has 0 bridgehead atoms. The van der Waals surface area contributed by atoms with Gasteiger partial charge in [0.25, 0.3) is 0 Å². The second kappa shape index (κ2) is 4.74. The van der Waals surface area contributed by atoms with Gasteiger partial charge in [-0.3, -0.25) is 4.57 Å². The Balaban J connectivity index is 2.67. The van der Waals surface area contributed by atoms with Gasteiger partial charge in [-0.25, -0.2) is 4.39 Å². The molecule has 2 rings (SSSR count). The second-order valence-corrected chi connectivity index (χ2v) is 5.17. The van der Waals surface area contributed by atoms with Crippen LogP contribution in [0.4, 0.5) is 4.39 Å². The molecule has 0 amide bonds. The van der Waals surface area contributed by atoms with E-state index in [1.807, 2.05) is 13.8 Å². The van der Waals surface area contributed by atoms with E-state index in [2.05, 4.69) is 26.1 Å². The van der Waals surface area contributed by atoms with E-state index in [-0.39, 0.29) is 17.0 Å². The van der Waals surface area contributed by atoms with Crippen LogP contribution in [-0.2, 0) is 0 Å². The number of hydrogen-bond donors (Lipinski definition) is 0. The van der Waals surface area contributed by atoms with Gasteiger partial charge in [0.15, 0.2) is 0 Å². The van der Waals surface area contributed by atoms with Crippen molar-refractivity contribution in [3.63, 3.8) is 0 Å². The van der Waals surface area contributed by atoms with Crippen LogP contribution in [0.25, 0.3) is 5.69 Å². The van der Waals surface area contributed by atoms with Gasteiger partial charge in [-0.15, -0.1) is 10.2 Å². The molecule has 6 heteroatoms. The smallest absolute Gasteiger partial charge is 0.229 e. The monoisotopic (exact) mass is 317 g/mol. The maximum absolute atomic E-state index is 13.8. The second-order valence-electron chi connectivity index (χ2n) is 3.91. The Morgan fingerprint density at radius 1 is 1.35 bits per heavy atom. The minimum Gasteiger partial charge on any atom is -0.266 e. The van der Waals surface area contributed by atoms with Crippen LogP contribution in [0.2, 0.25) is 5.28 Å². The minimum atomic E-state index is -0.364. The summed E-state index contributed by atoms with van der Waals surface area (Å²) in [4.78, 5) is 0. The molecule has 0 unspecified atom stereocenters. The number of benzene rings is 1. The van der Waals surface area contributed by atoms with Crippen LogP contribution in [0.3, 0.4) is 0 Å². The molecule has 0 N–H and O–H groups in total. The van der Waals surface area contributed by atoms with Crippen molar-refractivity contribution in [3.05, 3.63) is 39.6 Å². The molecule has 17 heavy (non-hydrogen) atoms.